The second-order valence-electron chi connectivity index (χ2n) is 2.20. The molecular formula is C10H6O2. The van der Waals surface area contributed by atoms with Gasteiger partial charge < -0.3 is 0 Å². The number of aldehydes is 1. The van der Waals surface area contributed by atoms with E-state index in [0.717, 1.165) is 0 Å². The molecule has 1 aromatic rings. The highest BCUT2D eigenvalue weighted by Gasteiger charge is 2.01. The maximum Gasteiger partial charge on any atom is 0.225 e. The van der Waals surface area contributed by atoms with Crippen molar-refractivity contribution in [3.8, 4) is 12.3 Å². The van der Waals surface area contributed by atoms with Gasteiger partial charge in [-0.25, -0.2) is 0 Å². The highest BCUT2D eigenvalue weighted by Crippen LogP contribution is 2.02. The van der Waals surface area contributed by atoms with Crippen LogP contribution in [0.3, 0.4) is 0 Å². The van der Waals surface area contributed by atoms with Crippen molar-refractivity contribution in [1.29, 1.82) is 0 Å². The van der Waals surface area contributed by atoms with Crippen LogP contribution in [-0.2, 0) is 4.79 Å². The van der Waals surface area contributed by atoms with E-state index < -0.39 is 5.78 Å². The molecule has 58 valence electrons. The fourth-order valence-corrected chi connectivity index (χ4v) is 0.799. The van der Waals surface area contributed by atoms with Gasteiger partial charge in [-0.3, -0.25) is 9.59 Å². The largest absolute Gasteiger partial charge is 0.294 e. The monoisotopic (exact) mass is 158 g/mol. The summed E-state index contributed by atoms with van der Waals surface area (Å²) >= 11 is 0. The smallest absolute Gasteiger partial charge is 0.225 e. The topological polar surface area (TPSA) is 34.1 Å². The zero-order chi connectivity index (χ0) is 8.97. The van der Waals surface area contributed by atoms with Crippen LogP contribution in [0.25, 0.3) is 0 Å². The SMILES string of the molecule is C#Cc1ccc(C(=O)C=O)cc1. The molecule has 0 saturated carbocycles. The predicted octanol–water partition coefficient (Wildman–Crippen LogP) is 1.05. The minimum atomic E-state index is -0.529. The molecule has 0 atom stereocenters. The summed E-state index contributed by atoms with van der Waals surface area (Å²) in [5, 5.41) is 0. The molecule has 0 amide bonds. The summed E-state index contributed by atoms with van der Waals surface area (Å²) in [5.74, 6) is 1.88. The van der Waals surface area contributed by atoms with E-state index in [0.29, 0.717) is 11.1 Å². The minimum Gasteiger partial charge on any atom is -0.294 e. The maximum absolute atomic E-state index is 10.8. The first kappa shape index (κ1) is 8.22. The number of carbonyl (C=O) groups is 2. The highest BCUT2D eigenvalue weighted by atomic mass is 16.2. The lowest BCUT2D eigenvalue weighted by molar-refractivity contribution is -0.104. The molecule has 0 aliphatic carbocycles. The van der Waals surface area contributed by atoms with Gasteiger partial charge in [0.25, 0.3) is 0 Å². The van der Waals surface area contributed by atoms with Crippen molar-refractivity contribution in [2.45, 2.75) is 0 Å². The molecule has 0 radical (unpaired) electrons. The molecule has 0 aliphatic heterocycles. The van der Waals surface area contributed by atoms with Gasteiger partial charge in [0.05, 0.1) is 0 Å². The first-order chi connectivity index (χ1) is 5.77. The van der Waals surface area contributed by atoms with Gasteiger partial charge in [0.15, 0.2) is 6.29 Å². The number of Topliss-reactive ketones (excluding diaryl/α,β-unsaturated/α-hetero) is 1. The standard InChI is InChI=1S/C10H6O2/c1-2-8-3-5-9(6-4-8)10(12)7-11/h1,3-7H. The third-order valence-electron chi connectivity index (χ3n) is 1.44. The maximum atomic E-state index is 10.8. The Morgan fingerprint density at radius 3 is 2.33 bits per heavy atom. The minimum absolute atomic E-state index is 0.283. The van der Waals surface area contributed by atoms with E-state index in [9.17, 15) is 9.59 Å². The number of carbonyl (C=O) groups excluding carboxylic acids is 2. The summed E-state index contributed by atoms with van der Waals surface area (Å²) in [7, 11) is 0. The van der Waals surface area contributed by atoms with Gasteiger partial charge in [-0.2, -0.15) is 0 Å². The molecule has 1 aromatic carbocycles. The third kappa shape index (κ3) is 1.58. The summed E-state index contributed by atoms with van der Waals surface area (Å²) in [6, 6.07) is 6.31. The summed E-state index contributed by atoms with van der Waals surface area (Å²) in [5.41, 5.74) is 1.06. The van der Waals surface area contributed by atoms with E-state index in [1.165, 1.54) is 12.1 Å². The van der Waals surface area contributed by atoms with Crippen LogP contribution in [0.15, 0.2) is 24.3 Å². The Morgan fingerprint density at radius 2 is 1.92 bits per heavy atom. The first-order valence-corrected chi connectivity index (χ1v) is 3.34. The van der Waals surface area contributed by atoms with Crippen molar-refractivity contribution < 1.29 is 9.59 Å². The lowest BCUT2D eigenvalue weighted by Crippen LogP contribution is -1.98. The molecule has 0 spiro atoms. The highest BCUT2D eigenvalue weighted by molar-refractivity contribution is 6.33. The quantitative estimate of drug-likeness (QED) is 0.279. The van der Waals surface area contributed by atoms with E-state index in [-0.39, 0.29) is 6.29 Å². The van der Waals surface area contributed by atoms with Gasteiger partial charge in [-0.1, -0.05) is 5.92 Å². The molecule has 2 nitrogen and oxygen atoms in total. The normalized spacial score (nSPS) is 8.58. The Labute approximate surface area is 70.2 Å². The molecule has 2 heteroatoms. The van der Waals surface area contributed by atoms with Crippen molar-refractivity contribution in [3.63, 3.8) is 0 Å². The van der Waals surface area contributed by atoms with Gasteiger partial charge >= 0.3 is 0 Å². The molecule has 0 unspecified atom stereocenters. The molecular weight excluding hydrogens is 152 g/mol. The lowest BCUT2D eigenvalue weighted by Gasteiger charge is -1.92. The summed E-state index contributed by atoms with van der Waals surface area (Å²) in [6.45, 7) is 0. The van der Waals surface area contributed by atoms with Crippen LogP contribution in [0.2, 0.25) is 0 Å². The molecule has 0 aromatic heterocycles. The van der Waals surface area contributed by atoms with Crippen molar-refractivity contribution in [2.24, 2.45) is 0 Å². The number of benzene rings is 1. The van der Waals surface area contributed by atoms with E-state index in [1.54, 1.807) is 12.1 Å². The Balaban J connectivity index is 3.01. The van der Waals surface area contributed by atoms with Crippen LogP contribution in [0.5, 0.6) is 0 Å². The fourth-order valence-electron chi connectivity index (χ4n) is 0.799. The molecule has 1 rings (SSSR count). The first-order valence-electron chi connectivity index (χ1n) is 3.34. The summed E-state index contributed by atoms with van der Waals surface area (Å²) < 4.78 is 0. The van der Waals surface area contributed by atoms with E-state index in [1.807, 2.05) is 0 Å². The van der Waals surface area contributed by atoms with Crippen LogP contribution < -0.4 is 0 Å². The zero-order valence-electron chi connectivity index (χ0n) is 6.28. The molecule has 0 saturated heterocycles. The number of rotatable bonds is 2. The lowest BCUT2D eigenvalue weighted by atomic mass is 10.1. The van der Waals surface area contributed by atoms with E-state index in [2.05, 4.69) is 5.92 Å². The van der Waals surface area contributed by atoms with Gasteiger partial charge in [-0.05, 0) is 24.3 Å². The predicted molar refractivity (Wildman–Crippen MR) is 44.8 cm³/mol. The average molecular weight is 158 g/mol. The second-order valence-corrected chi connectivity index (χ2v) is 2.20. The van der Waals surface area contributed by atoms with Crippen LogP contribution >= 0.6 is 0 Å². The van der Waals surface area contributed by atoms with E-state index >= 15 is 0 Å². The van der Waals surface area contributed by atoms with Crippen molar-refractivity contribution in [3.05, 3.63) is 35.4 Å². The van der Waals surface area contributed by atoms with Crippen molar-refractivity contribution in [1.82, 2.24) is 0 Å². The van der Waals surface area contributed by atoms with Crippen LogP contribution in [0.4, 0.5) is 0 Å². The van der Waals surface area contributed by atoms with Gasteiger partial charge in [-0.15, -0.1) is 6.42 Å². The molecule has 0 fully saturated rings. The van der Waals surface area contributed by atoms with Crippen molar-refractivity contribution >= 4 is 12.1 Å². The Morgan fingerprint density at radius 1 is 1.33 bits per heavy atom. The van der Waals surface area contributed by atoms with Crippen molar-refractivity contribution in [2.75, 3.05) is 0 Å². The second kappa shape index (κ2) is 3.49. The molecule has 0 N–H and O–H groups in total. The molecule has 12 heavy (non-hydrogen) atoms. The zero-order valence-corrected chi connectivity index (χ0v) is 6.28. The average Bonchev–Trinajstić information content (AvgIpc) is 2.17. The Bertz CT molecular complexity index is 341. The summed E-state index contributed by atoms with van der Waals surface area (Å²) in [4.78, 5) is 20.9. The number of hydrogen-bond acceptors (Lipinski definition) is 2. The molecule has 0 heterocycles. The number of hydrogen-bond donors (Lipinski definition) is 0. The van der Waals surface area contributed by atoms with Crippen LogP contribution in [0.1, 0.15) is 15.9 Å². The van der Waals surface area contributed by atoms with Crippen LogP contribution in [-0.4, -0.2) is 12.1 Å². The van der Waals surface area contributed by atoms with Crippen LogP contribution in [0, 0.1) is 12.3 Å². The molecule has 0 aliphatic rings. The number of ketones is 1. The fraction of sp³-hybridized carbons (Fsp3) is 0. The van der Waals surface area contributed by atoms with E-state index in [4.69, 9.17) is 6.42 Å². The Kier molecular flexibility index (Phi) is 2.39. The Hall–Kier alpha value is -1.88. The van der Waals surface area contributed by atoms with Gasteiger partial charge in [0.2, 0.25) is 5.78 Å². The number of terminal acetylenes is 1. The molecule has 0 bridgehead atoms. The summed E-state index contributed by atoms with van der Waals surface area (Å²) in [6.07, 6.45) is 5.39. The van der Waals surface area contributed by atoms with Gasteiger partial charge in [0, 0.05) is 11.1 Å². The van der Waals surface area contributed by atoms with Gasteiger partial charge in [0.1, 0.15) is 0 Å². The third-order valence-corrected chi connectivity index (χ3v) is 1.44.